The summed E-state index contributed by atoms with van der Waals surface area (Å²) in [4.78, 5) is 73.1. The molecule has 0 radical (unpaired) electrons. The lowest BCUT2D eigenvalue weighted by molar-refractivity contribution is -0.265. The Labute approximate surface area is 471 Å². The minimum absolute atomic E-state index is 0.0116. The molecular formula is C64H95NO14. The van der Waals surface area contributed by atoms with Crippen molar-refractivity contribution in [3.63, 3.8) is 0 Å². The zero-order valence-corrected chi connectivity index (χ0v) is 49.4. The molecule has 1 aliphatic carbocycles. The van der Waals surface area contributed by atoms with E-state index in [-0.39, 0.29) is 73.1 Å². The third kappa shape index (κ3) is 16.5. The largest absolute Gasteiger partial charge is 0.460 e. The van der Waals surface area contributed by atoms with E-state index in [1.54, 1.807) is 41.1 Å². The fraction of sp³-hybridized carbons (Fsp3) is 0.703. The Hall–Kier alpha value is -4.19. The number of aliphatic hydroxyl groups excluding tert-OH is 1. The van der Waals surface area contributed by atoms with E-state index in [0.29, 0.717) is 56.9 Å². The molecule has 4 heterocycles. The predicted octanol–water partition coefficient (Wildman–Crippen LogP) is 9.90. The Balaban J connectivity index is 1.25. The second kappa shape index (κ2) is 29.2. The lowest BCUT2D eigenvalue weighted by Crippen LogP contribution is -2.61. The summed E-state index contributed by atoms with van der Waals surface area (Å²) >= 11 is 0. The number of ketones is 3. The Morgan fingerprint density at radius 1 is 0.785 bits per heavy atom. The average molecular weight is 1100 g/mol. The van der Waals surface area contributed by atoms with Crippen LogP contribution in [0.2, 0.25) is 0 Å². The molecule has 5 aliphatic rings. The molecule has 15 heteroatoms. The molecule has 1 aromatic carbocycles. The second-order valence-corrected chi connectivity index (χ2v) is 24.4. The van der Waals surface area contributed by atoms with Gasteiger partial charge >= 0.3 is 5.97 Å². The molecule has 440 valence electrons. The zero-order valence-electron chi connectivity index (χ0n) is 49.4. The number of cyclic esters (lactones) is 1. The quantitative estimate of drug-likeness (QED) is 0.135. The molecule has 4 aliphatic heterocycles. The summed E-state index contributed by atoms with van der Waals surface area (Å²) in [5.41, 5.74) is 1.90. The van der Waals surface area contributed by atoms with Crippen molar-refractivity contribution in [2.45, 2.75) is 225 Å². The maximum atomic E-state index is 14.7. The van der Waals surface area contributed by atoms with Gasteiger partial charge in [-0.05, 0) is 139 Å². The first-order valence-corrected chi connectivity index (χ1v) is 29.4. The van der Waals surface area contributed by atoms with E-state index in [1.165, 1.54) is 12.0 Å². The van der Waals surface area contributed by atoms with Gasteiger partial charge < -0.3 is 48.3 Å². The number of fused-ring (bicyclic) bond motifs is 3. The van der Waals surface area contributed by atoms with Crippen LogP contribution >= 0.6 is 0 Å². The number of hydrogen-bond donors (Lipinski definition) is 2. The Kier molecular flexibility index (Phi) is 23.6. The highest BCUT2D eigenvalue weighted by molar-refractivity contribution is 6.39. The summed E-state index contributed by atoms with van der Waals surface area (Å²) < 4.78 is 43.8. The number of ether oxygens (including phenoxy) is 7. The first kappa shape index (κ1) is 64.0. The minimum atomic E-state index is -2.44. The van der Waals surface area contributed by atoms with Crippen LogP contribution in [0.5, 0.6) is 0 Å². The lowest BCUT2D eigenvalue weighted by atomic mass is 9.78. The molecule has 0 aromatic heterocycles. The number of rotatable bonds is 9. The third-order valence-electron chi connectivity index (χ3n) is 17.9. The number of allylic oxidation sites excluding steroid dienone is 6. The van der Waals surface area contributed by atoms with Crippen LogP contribution in [0.1, 0.15) is 164 Å². The predicted molar refractivity (Wildman–Crippen MR) is 301 cm³/mol. The van der Waals surface area contributed by atoms with Gasteiger partial charge in [-0.3, -0.25) is 19.2 Å². The van der Waals surface area contributed by atoms with Gasteiger partial charge in [-0.2, -0.15) is 0 Å². The van der Waals surface area contributed by atoms with Gasteiger partial charge in [0.05, 0.1) is 42.2 Å². The van der Waals surface area contributed by atoms with E-state index in [9.17, 15) is 34.2 Å². The van der Waals surface area contributed by atoms with Gasteiger partial charge in [0.15, 0.2) is 5.78 Å². The molecule has 17 atom stereocenters. The van der Waals surface area contributed by atoms with Crippen LogP contribution in [-0.4, -0.2) is 138 Å². The van der Waals surface area contributed by atoms with E-state index >= 15 is 0 Å². The molecular weight excluding hydrogens is 1010 g/mol. The number of nitrogens with zero attached hydrogens (tertiary/aromatic N) is 1. The highest BCUT2D eigenvalue weighted by Crippen LogP contribution is 2.42. The van der Waals surface area contributed by atoms with E-state index in [1.807, 2.05) is 76.3 Å². The Bertz CT molecular complexity index is 2330. The smallest absolute Gasteiger partial charge is 0.329 e. The number of carbonyl (C=O) groups excluding carboxylic acids is 5. The van der Waals surface area contributed by atoms with Gasteiger partial charge in [0, 0.05) is 58.5 Å². The maximum absolute atomic E-state index is 14.7. The number of methoxy groups -OCH3 is 3. The van der Waals surface area contributed by atoms with Crippen LogP contribution in [0.3, 0.4) is 0 Å². The fourth-order valence-electron chi connectivity index (χ4n) is 12.8. The van der Waals surface area contributed by atoms with Crippen molar-refractivity contribution < 1.29 is 67.3 Å². The van der Waals surface area contributed by atoms with Crippen LogP contribution < -0.4 is 0 Å². The average Bonchev–Trinajstić information content (AvgIpc) is 3.44. The van der Waals surface area contributed by atoms with Crippen molar-refractivity contribution >= 4 is 29.2 Å². The first-order valence-electron chi connectivity index (χ1n) is 29.4. The SMILES string of the molecule is COC1CC(C[C@H](C)[C@@H]2CC(=O)[C@H](C)/C=C(\C)C(O)[C@@H](OC)C(=O)[C@H](C)C[C@H](C)/C=C/C=C/C=C(\C)[C@@H](OC)C[C@@H]3CC[C@@H](C)C(O)(O3)C(=O)C(=O)N3CCCC[C@H]3C(=O)O2)CCC1OC1CC[C@H](c2ccccc2)OC1(C)C. The van der Waals surface area contributed by atoms with Gasteiger partial charge in [-0.1, -0.05) is 101 Å². The topological polar surface area (TPSA) is 194 Å². The molecule has 2 N–H and O–H groups in total. The van der Waals surface area contributed by atoms with E-state index < -0.39 is 83.4 Å². The summed E-state index contributed by atoms with van der Waals surface area (Å²) in [6, 6.07) is 9.13. The molecule has 1 saturated carbocycles. The Morgan fingerprint density at radius 2 is 1.52 bits per heavy atom. The monoisotopic (exact) mass is 1100 g/mol. The summed E-state index contributed by atoms with van der Waals surface area (Å²) in [6.07, 6.45) is 13.7. The summed E-state index contributed by atoms with van der Waals surface area (Å²) in [5.74, 6) is -7.95. The van der Waals surface area contributed by atoms with Crippen molar-refractivity contribution in [1.29, 1.82) is 0 Å². The summed E-state index contributed by atoms with van der Waals surface area (Å²) in [5, 5.41) is 23.7. The number of esters is 1. The Morgan fingerprint density at radius 3 is 2.20 bits per heavy atom. The lowest BCUT2D eigenvalue weighted by Gasteiger charge is -2.46. The van der Waals surface area contributed by atoms with E-state index in [0.717, 1.165) is 36.8 Å². The van der Waals surface area contributed by atoms with Gasteiger partial charge in [0.2, 0.25) is 5.79 Å². The summed E-state index contributed by atoms with van der Waals surface area (Å²) in [6.45, 7) is 17.1. The molecule has 6 unspecified atom stereocenters. The van der Waals surface area contributed by atoms with Crippen LogP contribution in [0.25, 0.3) is 0 Å². The van der Waals surface area contributed by atoms with Gasteiger partial charge in [0.1, 0.15) is 30.1 Å². The number of piperidine rings is 1. The van der Waals surface area contributed by atoms with Gasteiger partial charge in [0.25, 0.3) is 11.7 Å². The minimum Gasteiger partial charge on any atom is -0.460 e. The van der Waals surface area contributed by atoms with E-state index in [2.05, 4.69) is 26.0 Å². The maximum Gasteiger partial charge on any atom is 0.329 e. The molecule has 0 spiro atoms. The zero-order chi connectivity index (χ0) is 57.8. The van der Waals surface area contributed by atoms with Gasteiger partial charge in [-0.15, -0.1) is 0 Å². The molecule has 1 aromatic rings. The summed E-state index contributed by atoms with van der Waals surface area (Å²) in [7, 11) is 4.68. The first-order chi connectivity index (χ1) is 37.5. The number of carbonyl (C=O) groups is 5. The normalized spacial score (nSPS) is 39.0. The van der Waals surface area contributed by atoms with Crippen molar-refractivity contribution in [1.82, 2.24) is 4.90 Å². The number of aliphatic hydroxyl groups is 2. The molecule has 6 rings (SSSR count). The standard InChI is InChI=1S/C64H95NO14/c1-39-21-15-13-16-22-40(2)53(73-10)37-48-28-26-45(7)64(72,78-48)60(69)61(70)65-32-20-19-25-49(65)62(71)77-54(38-50(66)41(3)34-44(6)58(68)59(75-12)57(67)43(5)33-39)42(4)35-46-27-29-52(55(36-46)74-11)76-56-31-30-51(79-63(56,8)9)47-23-17-14-18-24-47/h13-18,21-24,34,39,41-43,45-46,48-49,51-56,58-59,68,72H,19-20,25-33,35-38H2,1-12H3/b16-13+,21-15+,40-22+,44-34+/t39-,41-,42+,43-,45-,46?,48+,49+,51-,52?,53+,54+,55?,56?,58?,59+,64?/m1/s1. The number of amides is 1. The fourth-order valence-corrected chi connectivity index (χ4v) is 12.8. The highest BCUT2D eigenvalue weighted by Gasteiger charge is 2.53. The van der Waals surface area contributed by atoms with Crippen LogP contribution in [0, 0.1) is 35.5 Å². The van der Waals surface area contributed by atoms with Crippen LogP contribution in [0.15, 0.2) is 77.9 Å². The van der Waals surface area contributed by atoms with E-state index in [4.69, 9.17) is 33.2 Å². The van der Waals surface area contributed by atoms with Gasteiger partial charge in [-0.25, -0.2) is 4.79 Å². The van der Waals surface area contributed by atoms with Crippen LogP contribution in [0.4, 0.5) is 0 Å². The number of hydrogen-bond acceptors (Lipinski definition) is 14. The molecule has 4 fully saturated rings. The van der Waals surface area contributed by atoms with Crippen molar-refractivity contribution in [3.8, 4) is 0 Å². The third-order valence-corrected chi connectivity index (χ3v) is 17.9. The highest BCUT2D eigenvalue weighted by atomic mass is 16.6. The molecule has 3 saturated heterocycles. The van der Waals surface area contributed by atoms with Crippen molar-refractivity contribution in [3.05, 3.63) is 83.5 Å². The second-order valence-electron chi connectivity index (χ2n) is 24.4. The molecule has 1 amide bonds. The van der Waals surface area contributed by atoms with Crippen molar-refractivity contribution in [2.75, 3.05) is 27.9 Å². The molecule has 79 heavy (non-hydrogen) atoms. The molecule has 15 nitrogen and oxygen atoms in total. The number of benzene rings is 1. The van der Waals surface area contributed by atoms with Crippen molar-refractivity contribution in [2.24, 2.45) is 35.5 Å². The molecule has 2 bridgehead atoms. The number of Topliss-reactive ketones (excluding diaryl/α,β-unsaturated/α-hetero) is 3. The van der Waals surface area contributed by atoms with Crippen LogP contribution in [-0.2, 0) is 57.1 Å².